The Bertz CT molecular complexity index is 1500. The summed E-state index contributed by atoms with van der Waals surface area (Å²) in [6.45, 7) is 10.4. The molecule has 226 valence electrons. The first kappa shape index (κ1) is 31.4. The van der Waals surface area contributed by atoms with Crippen LogP contribution in [0.5, 0.6) is 0 Å². The molecule has 1 fully saturated rings. The van der Waals surface area contributed by atoms with Crippen LogP contribution in [-0.2, 0) is 25.3 Å². The van der Waals surface area contributed by atoms with Gasteiger partial charge < -0.3 is 4.43 Å². The van der Waals surface area contributed by atoms with E-state index in [-0.39, 0.29) is 35.0 Å². The van der Waals surface area contributed by atoms with Crippen molar-refractivity contribution in [2.45, 2.75) is 57.7 Å². The maximum Gasteiger partial charge on any atom is 0.296 e. The zero-order chi connectivity index (χ0) is 30.5. The molecule has 1 aliphatic heterocycles. The molecular weight excluding hydrogens is 571 g/mol. The minimum absolute atomic E-state index is 0.0518. The Hall–Kier alpha value is -3.07. The van der Waals surface area contributed by atoms with E-state index in [1.54, 1.807) is 24.3 Å². The predicted octanol–water partition coefficient (Wildman–Crippen LogP) is 5.56. The summed E-state index contributed by atoms with van der Waals surface area (Å²) in [7, 11) is -5.88. The molecule has 0 amide bonds. The molecule has 0 aromatic heterocycles. The molecule has 0 radical (unpaired) electrons. The highest BCUT2D eigenvalue weighted by molar-refractivity contribution is 7.86. The minimum Gasteiger partial charge on any atom is -0.406 e. The molecule has 1 heterocycles. The number of hydrogen-bond donors (Lipinski definition) is 0. The van der Waals surface area contributed by atoms with Crippen LogP contribution in [0.4, 0.5) is 0 Å². The molecule has 0 spiro atoms. The van der Waals surface area contributed by atoms with E-state index in [4.69, 9.17) is 8.61 Å². The Morgan fingerprint density at radius 3 is 1.88 bits per heavy atom. The van der Waals surface area contributed by atoms with Crippen LogP contribution in [0.1, 0.15) is 38.3 Å². The zero-order valence-corrected chi connectivity index (χ0v) is 27.6. The van der Waals surface area contributed by atoms with E-state index in [2.05, 4.69) is 111 Å². The molecule has 0 aliphatic carbocycles. The van der Waals surface area contributed by atoms with Crippen molar-refractivity contribution in [1.29, 1.82) is 0 Å². The lowest BCUT2D eigenvalue weighted by Gasteiger charge is -2.41. The first-order valence-electron chi connectivity index (χ1n) is 15.1. The van der Waals surface area contributed by atoms with Crippen LogP contribution in [0.3, 0.4) is 0 Å². The van der Waals surface area contributed by atoms with Gasteiger partial charge in [0.15, 0.2) is 0 Å². The first-order chi connectivity index (χ1) is 20.6. The smallest absolute Gasteiger partial charge is 0.296 e. The highest BCUT2D eigenvalue weighted by atomic mass is 32.2. The maximum atomic E-state index is 13.1. The van der Waals surface area contributed by atoms with Gasteiger partial charge in [-0.25, -0.2) is 0 Å². The van der Waals surface area contributed by atoms with Crippen LogP contribution < -0.4 is 10.4 Å². The van der Waals surface area contributed by atoms with Gasteiger partial charge in [0.1, 0.15) is 0 Å². The van der Waals surface area contributed by atoms with E-state index in [9.17, 15) is 8.42 Å². The summed E-state index contributed by atoms with van der Waals surface area (Å²) >= 11 is 0. The Labute approximate surface area is 259 Å². The van der Waals surface area contributed by atoms with Crippen LogP contribution in [0.25, 0.3) is 0 Å². The predicted molar refractivity (Wildman–Crippen MR) is 177 cm³/mol. The summed E-state index contributed by atoms with van der Waals surface area (Å²) in [6.07, 6.45) is 0.718. The Balaban J connectivity index is 1.43. The molecule has 0 bridgehead atoms. The number of hydrogen-bond acceptors (Lipinski definition) is 5. The fraction of sp³-hybridized carbons (Fsp3) is 0.333. The van der Waals surface area contributed by atoms with Crippen molar-refractivity contribution in [3.05, 3.63) is 126 Å². The van der Waals surface area contributed by atoms with Crippen LogP contribution in [0, 0.1) is 18.3 Å². The van der Waals surface area contributed by atoms with Crippen molar-refractivity contribution >= 4 is 29.5 Å². The molecule has 5 rings (SSSR count). The second-order valence-electron chi connectivity index (χ2n) is 12.8. The molecule has 0 saturated carbocycles. The van der Waals surface area contributed by atoms with Crippen LogP contribution in [0.15, 0.2) is 120 Å². The first-order valence-corrected chi connectivity index (χ1v) is 18.1. The van der Waals surface area contributed by atoms with E-state index in [0.29, 0.717) is 0 Å². The lowest BCUT2D eigenvalue weighted by Crippen LogP contribution is -2.55. The fourth-order valence-electron chi connectivity index (χ4n) is 6.05. The lowest BCUT2D eigenvalue weighted by atomic mass is 9.83. The van der Waals surface area contributed by atoms with Gasteiger partial charge in [0.25, 0.3) is 10.1 Å². The summed E-state index contributed by atoms with van der Waals surface area (Å²) in [5.74, 6) is 0.0518. The van der Waals surface area contributed by atoms with Crippen molar-refractivity contribution in [2.24, 2.45) is 11.3 Å². The van der Waals surface area contributed by atoms with Gasteiger partial charge in [-0.3, -0.25) is 9.08 Å². The number of rotatable bonds is 11. The normalized spacial score (nSPS) is 18.6. The molecular formula is C36H43NO4SSi. The third-order valence-electron chi connectivity index (χ3n) is 8.22. The molecule has 4 aromatic rings. The topological polar surface area (TPSA) is 55.8 Å². The van der Waals surface area contributed by atoms with Crippen molar-refractivity contribution in [1.82, 2.24) is 4.90 Å². The summed E-state index contributed by atoms with van der Waals surface area (Å²) in [5.41, 5.74) is 2.09. The second-order valence-corrected chi connectivity index (χ2v) is 16.7. The Morgan fingerprint density at radius 2 is 1.35 bits per heavy atom. The molecule has 5 nitrogen and oxygen atoms in total. The Morgan fingerprint density at radius 1 is 0.814 bits per heavy atom. The third-order valence-corrected chi connectivity index (χ3v) is 12.1. The van der Waals surface area contributed by atoms with Gasteiger partial charge in [0.2, 0.25) is 9.04 Å². The van der Waals surface area contributed by atoms with Gasteiger partial charge in [-0.1, -0.05) is 129 Å². The average Bonchev–Trinajstić information content (AvgIpc) is 3.39. The van der Waals surface area contributed by atoms with Crippen molar-refractivity contribution in [2.75, 3.05) is 13.2 Å². The van der Waals surface area contributed by atoms with E-state index >= 15 is 0 Å². The van der Waals surface area contributed by atoms with Gasteiger partial charge in [-0.2, -0.15) is 8.42 Å². The summed E-state index contributed by atoms with van der Waals surface area (Å²) in [5, 5.41) is 2.50. The molecule has 1 saturated heterocycles. The van der Waals surface area contributed by atoms with Crippen LogP contribution >= 0.6 is 0 Å². The zero-order valence-electron chi connectivity index (χ0n) is 25.6. The largest absolute Gasteiger partial charge is 0.406 e. The van der Waals surface area contributed by atoms with Gasteiger partial charge >= 0.3 is 0 Å². The molecule has 4 aromatic carbocycles. The number of aryl methyl sites for hydroxylation is 1. The summed E-state index contributed by atoms with van der Waals surface area (Å²) in [6, 6.07) is 38.6. The molecule has 0 N–H and O–H groups in total. The SMILES string of the molecule is Cc1ccc(S(=O)(=O)OC[C@H]2C[C@@H](C(O[SiH](c3ccccc3)c3ccccc3)C(C)(C)C)N(Cc3ccccc3)C2)cc1. The molecule has 3 atom stereocenters. The molecule has 7 heteroatoms. The summed E-state index contributed by atoms with van der Waals surface area (Å²) < 4.78 is 39.1. The molecule has 1 aliphatic rings. The standard InChI is InChI=1S/C36H43NO4SSi/c1-28-20-22-31(23-21-28)42(38,39)40-27-30-24-34(37(26-30)25-29-14-8-5-9-15-29)35(36(2,3)4)41-43(32-16-10-6-11-17-32)33-18-12-7-13-19-33/h5-23,30,34-35,43H,24-27H2,1-4H3/t30-,34-,35?/m0/s1. The average molecular weight is 614 g/mol. The van der Waals surface area contributed by atoms with Crippen molar-refractivity contribution in [3.8, 4) is 0 Å². The quantitative estimate of drug-likeness (QED) is 0.164. The van der Waals surface area contributed by atoms with Crippen LogP contribution in [0.2, 0.25) is 0 Å². The second kappa shape index (κ2) is 13.7. The maximum absolute atomic E-state index is 13.1. The van der Waals surface area contributed by atoms with E-state index in [0.717, 1.165) is 25.1 Å². The third kappa shape index (κ3) is 8.10. The van der Waals surface area contributed by atoms with Gasteiger partial charge in [-0.15, -0.1) is 0 Å². The molecule has 43 heavy (non-hydrogen) atoms. The van der Waals surface area contributed by atoms with Gasteiger partial charge in [-0.05, 0) is 52.7 Å². The summed E-state index contributed by atoms with van der Waals surface area (Å²) in [4.78, 5) is 2.68. The van der Waals surface area contributed by atoms with Crippen molar-refractivity contribution < 1.29 is 17.0 Å². The van der Waals surface area contributed by atoms with Crippen LogP contribution in [-0.4, -0.2) is 47.7 Å². The highest BCUT2D eigenvalue weighted by Crippen LogP contribution is 2.37. The van der Waals surface area contributed by atoms with Gasteiger partial charge in [0.05, 0.1) is 17.6 Å². The highest BCUT2D eigenvalue weighted by Gasteiger charge is 2.44. The van der Waals surface area contributed by atoms with E-state index in [1.807, 2.05) is 13.0 Å². The van der Waals surface area contributed by atoms with E-state index < -0.39 is 19.2 Å². The minimum atomic E-state index is -3.84. The molecule has 1 unspecified atom stereocenters. The fourth-order valence-corrected chi connectivity index (χ4v) is 9.75. The van der Waals surface area contributed by atoms with Gasteiger partial charge in [0, 0.05) is 19.1 Å². The number of benzene rings is 4. The number of nitrogens with zero attached hydrogens (tertiary/aromatic N) is 1. The number of likely N-dealkylation sites (tertiary alicyclic amines) is 1. The Kier molecular flexibility index (Phi) is 9.99. The lowest BCUT2D eigenvalue weighted by molar-refractivity contribution is 0.0130. The van der Waals surface area contributed by atoms with E-state index in [1.165, 1.54) is 15.9 Å². The monoisotopic (exact) mass is 613 g/mol. The van der Waals surface area contributed by atoms with Crippen molar-refractivity contribution in [3.63, 3.8) is 0 Å².